The summed E-state index contributed by atoms with van der Waals surface area (Å²) >= 11 is 5.93. The Morgan fingerprint density at radius 3 is 2.69 bits per heavy atom. The van der Waals surface area contributed by atoms with E-state index in [-0.39, 0.29) is 5.56 Å². The maximum Gasteiger partial charge on any atom is 0.258 e. The molecule has 0 atom stereocenters. The van der Waals surface area contributed by atoms with Gasteiger partial charge in [-0.2, -0.15) is 0 Å². The Bertz CT molecular complexity index is 1180. The van der Waals surface area contributed by atoms with Crippen molar-refractivity contribution in [3.05, 3.63) is 57.6 Å². The third kappa shape index (κ3) is 2.84. The number of benzene rings is 1. The topological polar surface area (TPSA) is 94.4 Å². The molecular weight excluding hydrogens is 358 g/mol. The van der Waals surface area contributed by atoms with Crippen LogP contribution in [0, 0.1) is 0 Å². The van der Waals surface area contributed by atoms with Crippen LogP contribution >= 0.6 is 11.6 Å². The van der Waals surface area contributed by atoms with Crippen molar-refractivity contribution in [1.29, 1.82) is 0 Å². The molecule has 0 aliphatic heterocycles. The first-order valence-corrected chi connectivity index (χ1v) is 8.09. The second-order valence-electron chi connectivity index (χ2n) is 5.63. The quantitative estimate of drug-likeness (QED) is 0.591. The number of aromatic nitrogens is 5. The van der Waals surface area contributed by atoms with Gasteiger partial charge in [0.25, 0.3) is 5.56 Å². The molecule has 0 amide bonds. The minimum atomic E-state index is -0.254. The molecule has 3 heterocycles. The van der Waals surface area contributed by atoms with Gasteiger partial charge in [-0.05, 0) is 6.07 Å². The normalized spacial score (nSPS) is 11.2. The molecule has 1 aromatic carbocycles. The first kappa shape index (κ1) is 16.3. The zero-order chi connectivity index (χ0) is 18.3. The Morgan fingerprint density at radius 1 is 1.15 bits per heavy atom. The SMILES string of the molecule is COc1cc2nc(Cc3cn4cc(Cl)cnc4n3)[nH]c(=O)c2cc1OC. The number of halogens is 1. The Labute approximate surface area is 152 Å². The van der Waals surface area contributed by atoms with E-state index in [9.17, 15) is 4.79 Å². The fourth-order valence-electron chi connectivity index (χ4n) is 2.76. The zero-order valence-electron chi connectivity index (χ0n) is 14.0. The maximum absolute atomic E-state index is 12.4. The molecule has 0 aliphatic rings. The molecule has 0 spiro atoms. The molecule has 4 rings (SSSR count). The predicted octanol–water partition coefficient (Wildman–Crippen LogP) is 2.23. The van der Waals surface area contributed by atoms with Crippen LogP contribution in [0.1, 0.15) is 11.5 Å². The molecule has 26 heavy (non-hydrogen) atoms. The molecule has 0 saturated heterocycles. The average molecular weight is 372 g/mol. The average Bonchev–Trinajstić information content (AvgIpc) is 3.01. The van der Waals surface area contributed by atoms with Gasteiger partial charge in [0.15, 0.2) is 11.5 Å². The first-order valence-electron chi connectivity index (χ1n) is 7.71. The number of hydrogen-bond acceptors (Lipinski definition) is 6. The number of hydrogen-bond donors (Lipinski definition) is 1. The van der Waals surface area contributed by atoms with E-state index < -0.39 is 0 Å². The predicted molar refractivity (Wildman–Crippen MR) is 96.3 cm³/mol. The van der Waals surface area contributed by atoms with E-state index in [1.807, 2.05) is 0 Å². The van der Waals surface area contributed by atoms with Crippen LogP contribution in [0.15, 0.2) is 35.5 Å². The Kier molecular flexibility index (Phi) is 3.96. The lowest BCUT2D eigenvalue weighted by atomic mass is 10.2. The van der Waals surface area contributed by atoms with Crippen molar-refractivity contribution in [2.75, 3.05) is 14.2 Å². The molecule has 0 radical (unpaired) electrons. The molecule has 0 aliphatic carbocycles. The molecule has 0 fully saturated rings. The Hall–Kier alpha value is -3.13. The number of H-pyrrole nitrogens is 1. The van der Waals surface area contributed by atoms with Gasteiger partial charge in [0.1, 0.15) is 5.82 Å². The van der Waals surface area contributed by atoms with E-state index in [2.05, 4.69) is 19.9 Å². The molecule has 0 bridgehead atoms. The van der Waals surface area contributed by atoms with Crippen molar-refractivity contribution in [3.63, 3.8) is 0 Å². The minimum absolute atomic E-state index is 0.254. The molecule has 9 heteroatoms. The summed E-state index contributed by atoms with van der Waals surface area (Å²) in [6, 6.07) is 3.29. The number of imidazole rings is 1. The highest BCUT2D eigenvalue weighted by molar-refractivity contribution is 6.30. The number of nitrogens with one attached hydrogen (secondary N) is 1. The summed E-state index contributed by atoms with van der Waals surface area (Å²) in [5.74, 6) is 2.00. The van der Waals surface area contributed by atoms with Crippen LogP contribution in [0.4, 0.5) is 0 Å². The Balaban J connectivity index is 1.77. The van der Waals surface area contributed by atoms with Crippen LogP contribution in [0.25, 0.3) is 16.7 Å². The van der Waals surface area contributed by atoms with Crippen molar-refractivity contribution < 1.29 is 9.47 Å². The van der Waals surface area contributed by atoms with Crippen LogP contribution in [0.5, 0.6) is 11.5 Å². The number of fused-ring (bicyclic) bond motifs is 2. The molecule has 1 N–H and O–H groups in total. The standard InChI is InChI=1S/C17H14ClN5O3/c1-25-13-4-11-12(5-14(13)26-2)21-15(22-16(11)24)3-10-8-23-7-9(18)6-19-17(23)20-10/h4-8H,3H2,1-2H3,(H,21,22,24). The van der Waals surface area contributed by atoms with Gasteiger partial charge >= 0.3 is 0 Å². The van der Waals surface area contributed by atoms with E-state index in [0.29, 0.717) is 51.1 Å². The summed E-state index contributed by atoms with van der Waals surface area (Å²) in [4.78, 5) is 28.3. The first-order chi connectivity index (χ1) is 12.6. The zero-order valence-corrected chi connectivity index (χ0v) is 14.7. The van der Waals surface area contributed by atoms with E-state index in [1.54, 1.807) is 28.9 Å². The molecule has 8 nitrogen and oxygen atoms in total. The lowest BCUT2D eigenvalue weighted by Gasteiger charge is -2.09. The largest absolute Gasteiger partial charge is 0.493 e. The third-order valence-electron chi connectivity index (χ3n) is 3.94. The highest BCUT2D eigenvalue weighted by Gasteiger charge is 2.12. The summed E-state index contributed by atoms with van der Waals surface area (Å²) in [6.45, 7) is 0. The third-order valence-corrected chi connectivity index (χ3v) is 4.13. The molecule has 132 valence electrons. The maximum atomic E-state index is 12.4. The lowest BCUT2D eigenvalue weighted by Crippen LogP contribution is -2.12. The van der Waals surface area contributed by atoms with Crippen molar-refractivity contribution in [2.24, 2.45) is 0 Å². The van der Waals surface area contributed by atoms with E-state index in [4.69, 9.17) is 21.1 Å². The van der Waals surface area contributed by atoms with Gasteiger partial charge in [-0.25, -0.2) is 15.0 Å². The summed E-state index contributed by atoms with van der Waals surface area (Å²) < 4.78 is 12.2. The van der Waals surface area contributed by atoms with Crippen LogP contribution < -0.4 is 15.0 Å². The fourth-order valence-corrected chi connectivity index (χ4v) is 2.92. The van der Waals surface area contributed by atoms with Crippen LogP contribution in [0.3, 0.4) is 0 Å². The smallest absolute Gasteiger partial charge is 0.258 e. The van der Waals surface area contributed by atoms with Gasteiger partial charge in [0.2, 0.25) is 5.78 Å². The van der Waals surface area contributed by atoms with Gasteiger partial charge < -0.3 is 14.5 Å². The van der Waals surface area contributed by atoms with Crippen LogP contribution in [-0.2, 0) is 6.42 Å². The number of ether oxygens (including phenoxy) is 2. The van der Waals surface area contributed by atoms with Gasteiger partial charge in [-0.3, -0.25) is 9.20 Å². The lowest BCUT2D eigenvalue weighted by molar-refractivity contribution is 0.355. The highest BCUT2D eigenvalue weighted by atomic mass is 35.5. The molecular formula is C17H14ClN5O3. The second-order valence-corrected chi connectivity index (χ2v) is 6.06. The van der Waals surface area contributed by atoms with Gasteiger partial charge in [0.05, 0.1) is 42.0 Å². The summed E-state index contributed by atoms with van der Waals surface area (Å²) in [5.41, 5.74) is 0.977. The second kappa shape index (κ2) is 6.30. The van der Waals surface area contributed by atoms with Crippen molar-refractivity contribution in [1.82, 2.24) is 24.3 Å². The monoisotopic (exact) mass is 371 g/mol. The molecule has 0 saturated carbocycles. The van der Waals surface area contributed by atoms with Crippen molar-refractivity contribution in [2.45, 2.75) is 6.42 Å². The highest BCUT2D eigenvalue weighted by Crippen LogP contribution is 2.30. The van der Waals surface area contributed by atoms with E-state index >= 15 is 0 Å². The van der Waals surface area contributed by atoms with Gasteiger partial charge in [-0.1, -0.05) is 11.6 Å². The molecule has 4 aromatic rings. The number of aromatic amines is 1. The molecule has 0 unspecified atom stereocenters. The van der Waals surface area contributed by atoms with Crippen LogP contribution in [-0.4, -0.2) is 38.6 Å². The minimum Gasteiger partial charge on any atom is -0.493 e. The number of rotatable bonds is 4. The number of nitrogens with zero attached hydrogens (tertiary/aromatic N) is 4. The van der Waals surface area contributed by atoms with Crippen LogP contribution in [0.2, 0.25) is 5.02 Å². The van der Waals surface area contributed by atoms with E-state index in [1.165, 1.54) is 20.4 Å². The van der Waals surface area contributed by atoms with Crippen molar-refractivity contribution in [3.8, 4) is 11.5 Å². The summed E-state index contributed by atoms with van der Waals surface area (Å²) in [5, 5.41) is 0.939. The summed E-state index contributed by atoms with van der Waals surface area (Å²) in [6.07, 6.45) is 5.39. The number of methoxy groups -OCH3 is 2. The Morgan fingerprint density at radius 2 is 1.92 bits per heavy atom. The summed E-state index contributed by atoms with van der Waals surface area (Å²) in [7, 11) is 3.05. The van der Waals surface area contributed by atoms with E-state index in [0.717, 1.165) is 0 Å². The van der Waals surface area contributed by atoms with Crippen molar-refractivity contribution >= 4 is 28.3 Å². The van der Waals surface area contributed by atoms with Gasteiger partial charge in [-0.15, -0.1) is 0 Å². The molecule has 3 aromatic heterocycles. The fraction of sp³-hybridized carbons (Fsp3) is 0.176. The van der Waals surface area contributed by atoms with Gasteiger partial charge in [0, 0.05) is 24.9 Å².